The van der Waals surface area contributed by atoms with Gasteiger partial charge in [-0.25, -0.2) is 8.78 Å². The van der Waals surface area contributed by atoms with Gasteiger partial charge in [0, 0.05) is 69.0 Å². The highest BCUT2D eigenvalue weighted by Gasteiger charge is 2.30. The van der Waals surface area contributed by atoms with E-state index in [4.69, 9.17) is 0 Å². The lowest BCUT2D eigenvalue weighted by Crippen LogP contribution is -2.35. The largest absolute Gasteiger partial charge is 0.341 e. The lowest BCUT2D eigenvalue weighted by atomic mass is 9.88. The summed E-state index contributed by atoms with van der Waals surface area (Å²) in [6, 6.07) is 8.06. The summed E-state index contributed by atoms with van der Waals surface area (Å²) in [6.45, 7) is 6.41. The Morgan fingerprint density at radius 1 is 1.00 bits per heavy atom. The Hall–Kier alpha value is -3.52. The summed E-state index contributed by atoms with van der Waals surface area (Å²) in [5.74, 6) is 0.112. The first-order chi connectivity index (χ1) is 18.8. The topological polar surface area (TPSA) is 44.6 Å². The van der Waals surface area contributed by atoms with Crippen LogP contribution in [0.1, 0.15) is 54.0 Å². The van der Waals surface area contributed by atoms with Gasteiger partial charge in [-0.2, -0.15) is 5.10 Å². The van der Waals surface area contributed by atoms with Crippen LogP contribution in [0.5, 0.6) is 0 Å². The van der Waals surface area contributed by atoms with Gasteiger partial charge in [0.25, 0.3) is 6.43 Å². The van der Waals surface area contributed by atoms with Gasteiger partial charge >= 0.3 is 0 Å². The van der Waals surface area contributed by atoms with E-state index in [1.807, 2.05) is 13.1 Å². The molecule has 0 saturated carbocycles. The number of aromatic nitrogens is 2. The normalized spacial score (nSPS) is 17.9. The van der Waals surface area contributed by atoms with E-state index in [0.717, 1.165) is 79.1 Å². The van der Waals surface area contributed by atoms with Crippen LogP contribution in [0.4, 0.5) is 20.2 Å². The predicted molar refractivity (Wildman–Crippen MR) is 150 cm³/mol. The Balaban J connectivity index is 1.49. The van der Waals surface area contributed by atoms with Crippen molar-refractivity contribution in [3.63, 3.8) is 0 Å². The standard InChI is InChI=1S/C31H35F2N5O/c1-4-37-10-7-20(8-11-37)22-12-23-15-30(39)35(2)19-27(23)29(14-22)38-9-5-6-21-13-25(24-17-34-36(3)18-24)26(31(32)33)16-28(21)38/h7,12-14,16-18,31H,4-6,8-11,15,19H2,1-3H3. The fraction of sp³-hybridized carbons (Fsp3) is 0.419. The number of aryl methyl sites for hydroxylation is 2. The molecular weight excluding hydrogens is 496 g/mol. The lowest BCUT2D eigenvalue weighted by molar-refractivity contribution is -0.130. The van der Waals surface area contributed by atoms with Crippen LogP contribution < -0.4 is 4.90 Å². The van der Waals surface area contributed by atoms with Crippen LogP contribution >= 0.6 is 0 Å². The van der Waals surface area contributed by atoms with E-state index < -0.39 is 6.43 Å². The zero-order chi connectivity index (χ0) is 27.3. The minimum Gasteiger partial charge on any atom is -0.341 e. The number of carbonyl (C=O) groups excluding carboxylic acids is 1. The smallest absolute Gasteiger partial charge is 0.264 e. The minimum atomic E-state index is -2.60. The molecule has 1 amide bonds. The van der Waals surface area contributed by atoms with Gasteiger partial charge in [-0.1, -0.05) is 19.1 Å². The van der Waals surface area contributed by atoms with Crippen molar-refractivity contribution in [3.8, 4) is 11.1 Å². The Bertz CT molecular complexity index is 1460. The average molecular weight is 532 g/mol. The number of likely N-dealkylation sites (N-methyl/N-ethyl adjacent to an activating group) is 2. The zero-order valence-corrected chi connectivity index (χ0v) is 22.9. The van der Waals surface area contributed by atoms with E-state index in [1.165, 1.54) is 5.57 Å². The molecule has 204 valence electrons. The van der Waals surface area contributed by atoms with Crippen LogP contribution in [-0.2, 0) is 31.2 Å². The van der Waals surface area contributed by atoms with Crippen LogP contribution in [0.25, 0.3) is 16.7 Å². The summed E-state index contributed by atoms with van der Waals surface area (Å²) in [5.41, 5.74) is 8.85. The van der Waals surface area contributed by atoms with Gasteiger partial charge in [0.1, 0.15) is 0 Å². The van der Waals surface area contributed by atoms with Crippen molar-refractivity contribution < 1.29 is 13.6 Å². The number of halogens is 2. The molecule has 3 aliphatic heterocycles. The van der Waals surface area contributed by atoms with Crippen LogP contribution in [-0.4, -0.2) is 58.7 Å². The Labute approximate surface area is 228 Å². The van der Waals surface area contributed by atoms with E-state index in [1.54, 1.807) is 35.1 Å². The number of rotatable bonds is 5. The fourth-order valence-electron chi connectivity index (χ4n) is 6.26. The molecule has 1 aromatic heterocycles. The molecule has 0 N–H and O–H groups in total. The van der Waals surface area contributed by atoms with E-state index in [2.05, 4.69) is 40.0 Å². The first-order valence-corrected chi connectivity index (χ1v) is 13.9. The molecule has 2 aromatic carbocycles. The predicted octanol–water partition coefficient (Wildman–Crippen LogP) is 5.73. The number of amides is 1. The number of benzene rings is 2. The minimum absolute atomic E-state index is 0.0283. The van der Waals surface area contributed by atoms with E-state index in [9.17, 15) is 13.6 Å². The Kier molecular flexibility index (Phi) is 6.75. The Morgan fingerprint density at radius 2 is 1.85 bits per heavy atom. The van der Waals surface area contributed by atoms with E-state index in [-0.39, 0.29) is 11.5 Å². The molecule has 0 radical (unpaired) electrons. The second-order valence-electron chi connectivity index (χ2n) is 11.0. The fourth-order valence-corrected chi connectivity index (χ4v) is 6.26. The van der Waals surface area contributed by atoms with Gasteiger partial charge < -0.3 is 9.80 Å². The first kappa shape index (κ1) is 25.7. The van der Waals surface area contributed by atoms with Crippen molar-refractivity contribution in [2.75, 3.05) is 38.1 Å². The summed E-state index contributed by atoms with van der Waals surface area (Å²) in [4.78, 5) is 19.1. The van der Waals surface area contributed by atoms with Crippen molar-refractivity contribution in [1.82, 2.24) is 19.6 Å². The van der Waals surface area contributed by atoms with Gasteiger partial charge in [0.05, 0.1) is 12.6 Å². The van der Waals surface area contributed by atoms with Crippen LogP contribution in [0.3, 0.4) is 0 Å². The second kappa shape index (κ2) is 10.2. The summed E-state index contributed by atoms with van der Waals surface area (Å²) in [7, 11) is 3.64. The van der Waals surface area contributed by atoms with E-state index in [0.29, 0.717) is 24.1 Å². The Morgan fingerprint density at radius 3 is 2.54 bits per heavy atom. The number of carbonyl (C=O) groups is 1. The SMILES string of the molecule is CCN1CC=C(c2cc3c(c(N4CCCc5cc(-c6cnn(C)c6)c(C(F)F)cc54)c2)CN(C)C(=O)C3)CC1. The molecule has 0 bridgehead atoms. The third-order valence-corrected chi connectivity index (χ3v) is 8.50. The monoisotopic (exact) mass is 531 g/mol. The highest BCUT2D eigenvalue weighted by molar-refractivity contribution is 5.86. The van der Waals surface area contributed by atoms with Crippen LogP contribution in [0.2, 0.25) is 0 Å². The molecule has 3 aromatic rings. The molecule has 0 aliphatic carbocycles. The van der Waals surface area contributed by atoms with Gasteiger partial charge in [-0.3, -0.25) is 14.4 Å². The van der Waals surface area contributed by atoms with Gasteiger partial charge in [-0.05, 0) is 77.4 Å². The third-order valence-electron chi connectivity index (χ3n) is 8.50. The number of fused-ring (bicyclic) bond motifs is 2. The molecular formula is C31H35F2N5O. The maximum absolute atomic E-state index is 14.5. The van der Waals surface area contributed by atoms with Crippen molar-refractivity contribution in [2.24, 2.45) is 7.05 Å². The summed E-state index contributed by atoms with van der Waals surface area (Å²) in [6.07, 6.45) is 6.22. The molecule has 0 atom stereocenters. The van der Waals surface area contributed by atoms with Crippen LogP contribution in [0, 0.1) is 0 Å². The third kappa shape index (κ3) is 4.75. The van der Waals surface area contributed by atoms with Crippen molar-refractivity contribution in [2.45, 2.75) is 45.6 Å². The second-order valence-corrected chi connectivity index (χ2v) is 11.0. The molecule has 0 spiro atoms. The average Bonchev–Trinajstić information content (AvgIpc) is 3.38. The van der Waals surface area contributed by atoms with Crippen molar-refractivity contribution in [1.29, 1.82) is 0 Å². The summed E-state index contributed by atoms with van der Waals surface area (Å²) < 4.78 is 30.6. The maximum atomic E-state index is 14.5. The molecule has 39 heavy (non-hydrogen) atoms. The molecule has 8 heteroatoms. The molecule has 0 fully saturated rings. The molecule has 6 rings (SSSR count). The quantitative estimate of drug-likeness (QED) is 0.422. The molecule has 0 saturated heterocycles. The summed E-state index contributed by atoms with van der Waals surface area (Å²) in [5, 5.41) is 4.21. The van der Waals surface area contributed by atoms with Gasteiger partial charge in [0.2, 0.25) is 5.91 Å². The van der Waals surface area contributed by atoms with Gasteiger partial charge in [0.15, 0.2) is 0 Å². The first-order valence-electron chi connectivity index (χ1n) is 13.9. The number of hydrogen-bond donors (Lipinski definition) is 0. The number of alkyl halides is 2. The zero-order valence-electron chi connectivity index (χ0n) is 22.9. The number of hydrogen-bond acceptors (Lipinski definition) is 4. The molecule has 0 unspecified atom stereocenters. The molecule has 4 heterocycles. The lowest BCUT2D eigenvalue weighted by Gasteiger charge is -2.37. The van der Waals surface area contributed by atoms with Crippen LogP contribution in [0.15, 0.2) is 42.7 Å². The highest BCUT2D eigenvalue weighted by Crippen LogP contribution is 2.44. The number of anilines is 2. The summed E-state index contributed by atoms with van der Waals surface area (Å²) >= 11 is 0. The number of nitrogens with zero attached hydrogens (tertiary/aromatic N) is 5. The molecule has 3 aliphatic rings. The van der Waals surface area contributed by atoms with E-state index >= 15 is 0 Å². The molecule has 6 nitrogen and oxygen atoms in total. The maximum Gasteiger partial charge on any atom is 0.264 e. The van der Waals surface area contributed by atoms with Crippen molar-refractivity contribution in [3.05, 3.63) is 70.6 Å². The highest BCUT2D eigenvalue weighted by atomic mass is 19.3. The van der Waals surface area contributed by atoms with Crippen molar-refractivity contribution >= 4 is 22.9 Å². The van der Waals surface area contributed by atoms with Gasteiger partial charge in [-0.15, -0.1) is 0 Å².